The zero-order valence-electron chi connectivity index (χ0n) is 46.3. The van der Waals surface area contributed by atoms with Crippen LogP contribution < -0.4 is 9.80 Å². The first-order valence-corrected chi connectivity index (χ1v) is 28.5. The number of nitrogens with zero attached hydrogens (tertiary/aromatic N) is 2. The Morgan fingerprint density at radius 3 is 0.975 bits per heavy atom. The molecule has 0 radical (unpaired) electrons. The Kier molecular flexibility index (Phi) is 14.2. The lowest BCUT2D eigenvalue weighted by Gasteiger charge is -2.36. The minimum Gasteiger partial charge on any atom is -0.309 e. The van der Waals surface area contributed by atoms with Gasteiger partial charge in [0.2, 0.25) is 0 Å². The zero-order chi connectivity index (χ0) is 55.1. The van der Waals surface area contributed by atoms with Gasteiger partial charge in [0.05, 0.1) is 11.4 Å². The molecule has 392 valence electrons. The largest absolute Gasteiger partial charge is 0.309 e. The van der Waals surface area contributed by atoms with E-state index < -0.39 is 0 Å². The van der Waals surface area contributed by atoms with Crippen LogP contribution in [0.25, 0.3) is 44.5 Å². The minimum absolute atomic E-state index is 0.117. The molecule has 12 rings (SSSR count). The number of hydrogen-bond acceptors (Lipinski definition) is 2. The van der Waals surface area contributed by atoms with Gasteiger partial charge in [0.25, 0.3) is 0 Å². The molecule has 0 unspecified atom stereocenters. The lowest BCUT2D eigenvalue weighted by atomic mass is 9.74. The Hall–Kier alpha value is -8.40. The third kappa shape index (κ3) is 10.4. The first-order chi connectivity index (χ1) is 38.8. The molecule has 4 heteroatoms. The van der Waals surface area contributed by atoms with Gasteiger partial charge in [0.15, 0.2) is 0 Å². The Bertz CT molecular complexity index is 3640. The zero-order valence-corrected chi connectivity index (χ0v) is 47.8. The second-order valence-corrected chi connectivity index (χ2v) is 24.1. The van der Waals surface area contributed by atoms with E-state index in [4.69, 9.17) is 23.2 Å². The van der Waals surface area contributed by atoms with Crippen LogP contribution in [0.15, 0.2) is 261 Å². The maximum Gasteiger partial charge on any atom is 0.0618 e. The van der Waals surface area contributed by atoms with E-state index in [0.29, 0.717) is 10.0 Å². The number of fused-ring (bicyclic) bond motifs is 2. The van der Waals surface area contributed by atoms with Crippen LogP contribution in [0.1, 0.15) is 86.4 Å². The molecule has 80 heavy (non-hydrogen) atoms. The molecular formula is C76H64Cl2N2. The lowest BCUT2D eigenvalue weighted by molar-refractivity contribution is 0.590. The van der Waals surface area contributed by atoms with E-state index in [2.05, 4.69) is 300 Å². The Morgan fingerprint density at radius 1 is 0.325 bits per heavy atom. The molecule has 0 heterocycles. The van der Waals surface area contributed by atoms with Crippen molar-refractivity contribution in [3.63, 3.8) is 0 Å². The summed E-state index contributed by atoms with van der Waals surface area (Å²) in [5, 5.41) is 1.29. The van der Waals surface area contributed by atoms with E-state index in [-0.39, 0.29) is 16.7 Å². The molecular weight excluding hydrogens is 1010 g/mol. The summed E-state index contributed by atoms with van der Waals surface area (Å²) in [6, 6.07) is 95.3. The van der Waals surface area contributed by atoms with Gasteiger partial charge in [0.1, 0.15) is 0 Å². The van der Waals surface area contributed by atoms with Crippen LogP contribution in [0.2, 0.25) is 10.0 Å². The van der Waals surface area contributed by atoms with Crippen molar-refractivity contribution in [1.29, 1.82) is 0 Å². The fraction of sp³-hybridized carbons (Fsp3) is 0.132. The van der Waals surface area contributed by atoms with Gasteiger partial charge in [-0.05, 0) is 157 Å². The maximum atomic E-state index is 7.23. The number of rotatable bonds is 11. The summed E-state index contributed by atoms with van der Waals surface area (Å²) < 4.78 is 0. The molecule has 0 bridgehead atoms. The Labute approximate surface area is 483 Å². The molecule has 0 saturated heterocycles. The van der Waals surface area contributed by atoms with Gasteiger partial charge in [-0.2, -0.15) is 0 Å². The second-order valence-electron chi connectivity index (χ2n) is 23.2. The molecule has 2 nitrogen and oxygen atoms in total. The third-order valence-electron chi connectivity index (χ3n) is 15.8. The van der Waals surface area contributed by atoms with Crippen molar-refractivity contribution >= 4 is 57.3 Å². The van der Waals surface area contributed by atoms with Crippen molar-refractivity contribution in [2.75, 3.05) is 9.80 Å². The van der Waals surface area contributed by atoms with Gasteiger partial charge in [-0.25, -0.2) is 0 Å². The van der Waals surface area contributed by atoms with Crippen molar-refractivity contribution in [2.24, 2.45) is 0 Å². The van der Waals surface area contributed by atoms with Crippen LogP contribution in [0.3, 0.4) is 0 Å². The summed E-state index contributed by atoms with van der Waals surface area (Å²) in [6.45, 7) is 13.8. The van der Waals surface area contributed by atoms with Gasteiger partial charge >= 0.3 is 0 Å². The first kappa shape index (κ1) is 52.3. The van der Waals surface area contributed by atoms with E-state index >= 15 is 0 Å². The molecule has 1 aliphatic rings. The van der Waals surface area contributed by atoms with E-state index in [0.717, 1.165) is 90.6 Å². The maximum absolute atomic E-state index is 7.23. The molecule has 11 aromatic carbocycles. The SMILES string of the molecule is CC(C)(C)c1cc(-c2ccccc2)c(N(c2cccc(Cl)c2)c2cc(C3c4ccccc4Cc4ccccc43)cc(N(c3cccc(Cl)c3)c3c(-c4ccccc4)cc(C(C)(C)C)cc3-c3ccccc3)c2)c(-c2ccccc2)c1. The molecule has 0 aromatic heterocycles. The number of anilines is 6. The summed E-state index contributed by atoms with van der Waals surface area (Å²) in [6.07, 6.45) is 0.862. The van der Waals surface area contributed by atoms with Crippen molar-refractivity contribution in [1.82, 2.24) is 0 Å². The van der Waals surface area contributed by atoms with E-state index in [9.17, 15) is 0 Å². The van der Waals surface area contributed by atoms with Crippen LogP contribution in [0.4, 0.5) is 34.1 Å². The predicted molar refractivity (Wildman–Crippen MR) is 342 cm³/mol. The van der Waals surface area contributed by atoms with E-state index in [1.807, 2.05) is 12.1 Å². The van der Waals surface area contributed by atoms with Crippen LogP contribution in [-0.2, 0) is 17.3 Å². The third-order valence-corrected chi connectivity index (χ3v) is 16.2. The molecule has 0 aliphatic heterocycles. The van der Waals surface area contributed by atoms with E-state index in [1.54, 1.807) is 0 Å². The summed E-state index contributed by atoms with van der Waals surface area (Å²) in [5.41, 5.74) is 23.3. The van der Waals surface area contributed by atoms with Crippen LogP contribution >= 0.6 is 23.2 Å². The minimum atomic E-state index is -0.172. The van der Waals surface area contributed by atoms with Gasteiger partial charge in [-0.1, -0.05) is 247 Å². The van der Waals surface area contributed by atoms with Crippen molar-refractivity contribution in [3.05, 3.63) is 310 Å². The Morgan fingerprint density at radius 2 is 0.650 bits per heavy atom. The van der Waals surface area contributed by atoms with Crippen molar-refractivity contribution in [3.8, 4) is 44.5 Å². The van der Waals surface area contributed by atoms with Crippen LogP contribution in [-0.4, -0.2) is 0 Å². The second kappa shape index (κ2) is 21.7. The summed E-state index contributed by atoms with van der Waals surface area (Å²) in [7, 11) is 0. The topological polar surface area (TPSA) is 6.48 Å². The van der Waals surface area contributed by atoms with Crippen molar-refractivity contribution < 1.29 is 0 Å². The fourth-order valence-electron chi connectivity index (χ4n) is 11.7. The molecule has 0 saturated carbocycles. The number of hydrogen-bond donors (Lipinski definition) is 0. The molecule has 0 N–H and O–H groups in total. The fourth-order valence-corrected chi connectivity index (χ4v) is 12.1. The average molecular weight is 1080 g/mol. The normalized spacial score (nSPS) is 12.4. The Balaban J connectivity index is 1.27. The van der Waals surface area contributed by atoms with Gasteiger partial charge in [0, 0.05) is 61.0 Å². The number of halogens is 2. The van der Waals surface area contributed by atoms with E-state index in [1.165, 1.54) is 33.4 Å². The van der Waals surface area contributed by atoms with Gasteiger partial charge in [-0.15, -0.1) is 0 Å². The molecule has 0 atom stereocenters. The monoisotopic (exact) mass is 1070 g/mol. The highest BCUT2D eigenvalue weighted by Crippen LogP contribution is 2.54. The molecule has 0 spiro atoms. The predicted octanol–water partition coefficient (Wildman–Crippen LogP) is 22.3. The summed E-state index contributed by atoms with van der Waals surface area (Å²) in [4.78, 5) is 4.96. The molecule has 11 aromatic rings. The molecule has 0 fully saturated rings. The quantitative estimate of drug-likeness (QED) is 0.127. The highest BCUT2D eigenvalue weighted by molar-refractivity contribution is 6.31. The molecule has 0 amide bonds. The van der Waals surface area contributed by atoms with Gasteiger partial charge < -0.3 is 9.80 Å². The van der Waals surface area contributed by atoms with Crippen LogP contribution in [0, 0.1) is 0 Å². The first-order valence-electron chi connectivity index (χ1n) is 27.8. The summed E-state index contributed by atoms with van der Waals surface area (Å²) in [5.74, 6) is -0.117. The highest BCUT2D eigenvalue weighted by atomic mass is 35.5. The van der Waals surface area contributed by atoms with Crippen LogP contribution in [0.5, 0.6) is 0 Å². The standard InChI is InChI=1S/C76H64Cl2N2/c1-75(2,3)58-44-68(51-25-11-7-12-26-51)73(69(45-58)52-27-13-8-14-28-52)79(62-37-23-35-60(77)48-62)64-42-57(72-66-39-21-19-33-55(66)41-56-34-20-22-40-67(56)72)43-65(50-64)80(63-38-24-36-61(78)49-63)74-70(53-29-15-9-16-30-53)46-59(76(4,5)6)47-71(74)54-31-17-10-18-32-54/h7-40,42-50,72H,41H2,1-6H3. The van der Waals surface area contributed by atoms with Crippen molar-refractivity contribution in [2.45, 2.75) is 64.7 Å². The number of benzene rings is 11. The lowest BCUT2D eigenvalue weighted by Crippen LogP contribution is -2.20. The highest BCUT2D eigenvalue weighted by Gasteiger charge is 2.33. The summed E-state index contributed by atoms with van der Waals surface area (Å²) >= 11 is 14.5. The smallest absolute Gasteiger partial charge is 0.0618 e. The van der Waals surface area contributed by atoms with Gasteiger partial charge in [-0.3, -0.25) is 0 Å². The average Bonchev–Trinajstić information content (AvgIpc) is 3.50. The molecule has 1 aliphatic carbocycles.